The lowest BCUT2D eigenvalue weighted by Crippen LogP contribution is -2.48. The third kappa shape index (κ3) is 2.64. The van der Waals surface area contributed by atoms with Gasteiger partial charge in [-0.2, -0.15) is 11.8 Å². The Labute approximate surface area is 110 Å². The molecule has 2 N–H and O–H groups in total. The minimum Gasteiger partial charge on any atom is -0.333 e. The van der Waals surface area contributed by atoms with Gasteiger partial charge in [-0.15, -0.1) is 11.3 Å². The largest absolute Gasteiger partial charge is 0.333 e. The zero-order valence-corrected chi connectivity index (χ0v) is 11.7. The lowest BCUT2D eigenvalue weighted by Gasteiger charge is -2.37. The Morgan fingerprint density at radius 3 is 3.06 bits per heavy atom. The average Bonchev–Trinajstić information content (AvgIpc) is 2.80. The topological polar surface area (TPSA) is 59.2 Å². The van der Waals surface area contributed by atoms with Crippen molar-refractivity contribution in [3.63, 3.8) is 0 Å². The van der Waals surface area contributed by atoms with Crippen molar-refractivity contribution in [3.05, 3.63) is 16.1 Å². The van der Waals surface area contributed by atoms with Crippen LogP contribution in [0.15, 0.2) is 5.38 Å². The van der Waals surface area contributed by atoms with E-state index in [4.69, 9.17) is 5.73 Å². The molecule has 2 heterocycles. The Morgan fingerprint density at radius 1 is 1.65 bits per heavy atom. The van der Waals surface area contributed by atoms with E-state index in [0.717, 1.165) is 17.3 Å². The highest BCUT2D eigenvalue weighted by atomic mass is 32.2. The molecule has 1 aromatic rings. The molecule has 2 atom stereocenters. The SMILES string of the molecule is CC1SCCN(C(=O)c2csc(CN)n2)C1C. The van der Waals surface area contributed by atoms with E-state index < -0.39 is 0 Å². The summed E-state index contributed by atoms with van der Waals surface area (Å²) in [6.45, 7) is 5.48. The Bertz CT molecular complexity index is 407. The van der Waals surface area contributed by atoms with Crippen LogP contribution in [0.4, 0.5) is 0 Å². The summed E-state index contributed by atoms with van der Waals surface area (Å²) in [5.41, 5.74) is 6.05. The summed E-state index contributed by atoms with van der Waals surface area (Å²) in [7, 11) is 0. The zero-order chi connectivity index (χ0) is 12.4. The van der Waals surface area contributed by atoms with Gasteiger partial charge in [-0.25, -0.2) is 4.98 Å². The van der Waals surface area contributed by atoms with Gasteiger partial charge in [-0.1, -0.05) is 6.92 Å². The summed E-state index contributed by atoms with van der Waals surface area (Å²) in [4.78, 5) is 18.5. The highest BCUT2D eigenvalue weighted by Crippen LogP contribution is 2.25. The number of aromatic nitrogens is 1. The molecule has 1 aromatic heterocycles. The second kappa shape index (κ2) is 5.37. The normalized spacial score (nSPS) is 25.0. The number of hydrogen-bond acceptors (Lipinski definition) is 5. The molecule has 17 heavy (non-hydrogen) atoms. The Kier molecular flexibility index (Phi) is 4.06. The molecule has 0 radical (unpaired) electrons. The van der Waals surface area contributed by atoms with Crippen LogP contribution >= 0.6 is 23.1 Å². The van der Waals surface area contributed by atoms with Crippen LogP contribution < -0.4 is 5.73 Å². The number of hydrogen-bond donors (Lipinski definition) is 1. The standard InChI is InChI=1S/C11H17N3OS2/c1-7-8(2)16-4-3-14(7)11(15)9-6-17-10(5-12)13-9/h6-8H,3-5,12H2,1-2H3. The van der Waals surface area contributed by atoms with E-state index in [0.29, 0.717) is 17.5 Å². The van der Waals surface area contributed by atoms with Crippen LogP contribution in [0.25, 0.3) is 0 Å². The van der Waals surface area contributed by atoms with Crippen molar-refractivity contribution in [2.45, 2.75) is 31.7 Å². The lowest BCUT2D eigenvalue weighted by molar-refractivity contribution is 0.0693. The third-order valence-electron chi connectivity index (χ3n) is 3.09. The van der Waals surface area contributed by atoms with Crippen molar-refractivity contribution >= 4 is 29.0 Å². The van der Waals surface area contributed by atoms with Crippen molar-refractivity contribution < 1.29 is 4.79 Å². The van der Waals surface area contributed by atoms with Crippen LogP contribution in [0.5, 0.6) is 0 Å². The molecule has 0 spiro atoms. The maximum absolute atomic E-state index is 12.3. The highest BCUT2D eigenvalue weighted by molar-refractivity contribution is 8.00. The zero-order valence-electron chi connectivity index (χ0n) is 10.0. The number of amides is 1. The fraction of sp³-hybridized carbons (Fsp3) is 0.636. The van der Waals surface area contributed by atoms with Crippen LogP contribution in [0.3, 0.4) is 0 Å². The molecule has 6 heteroatoms. The quantitative estimate of drug-likeness (QED) is 0.887. The Morgan fingerprint density at radius 2 is 2.41 bits per heavy atom. The first kappa shape index (κ1) is 12.9. The van der Waals surface area contributed by atoms with Crippen molar-refractivity contribution in [2.75, 3.05) is 12.3 Å². The van der Waals surface area contributed by atoms with E-state index in [1.165, 1.54) is 11.3 Å². The van der Waals surface area contributed by atoms with Gasteiger partial charge in [-0.3, -0.25) is 4.79 Å². The maximum Gasteiger partial charge on any atom is 0.273 e. The molecule has 94 valence electrons. The predicted octanol–water partition coefficient (Wildman–Crippen LogP) is 1.57. The monoisotopic (exact) mass is 271 g/mol. The van der Waals surface area contributed by atoms with E-state index in [2.05, 4.69) is 18.8 Å². The maximum atomic E-state index is 12.3. The van der Waals surface area contributed by atoms with Gasteiger partial charge in [0.05, 0.1) is 0 Å². The molecule has 0 aliphatic carbocycles. The van der Waals surface area contributed by atoms with Crippen LogP contribution in [-0.4, -0.2) is 39.4 Å². The molecule has 0 aromatic carbocycles. The summed E-state index contributed by atoms with van der Waals surface area (Å²) in [5, 5.41) is 3.12. The third-order valence-corrected chi connectivity index (χ3v) is 5.30. The van der Waals surface area contributed by atoms with Crippen molar-refractivity contribution in [1.29, 1.82) is 0 Å². The predicted molar refractivity (Wildman–Crippen MR) is 72.4 cm³/mol. The van der Waals surface area contributed by atoms with Gasteiger partial charge in [0.25, 0.3) is 5.91 Å². The van der Waals surface area contributed by atoms with Gasteiger partial charge >= 0.3 is 0 Å². The second-order valence-electron chi connectivity index (χ2n) is 4.15. The van der Waals surface area contributed by atoms with E-state index in [9.17, 15) is 4.79 Å². The van der Waals surface area contributed by atoms with Gasteiger partial charge in [0, 0.05) is 35.5 Å². The molecule has 1 aliphatic heterocycles. The number of nitrogens with zero attached hydrogens (tertiary/aromatic N) is 2. The van der Waals surface area contributed by atoms with Gasteiger partial charge in [-0.05, 0) is 6.92 Å². The molecule has 1 saturated heterocycles. The molecular formula is C11H17N3OS2. The van der Waals surface area contributed by atoms with Crippen molar-refractivity contribution in [1.82, 2.24) is 9.88 Å². The van der Waals surface area contributed by atoms with Gasteiger partial charge in [0.15, 0.2) is 0 Å². The van der Waals surface area contributed by atoms with Gasteiger partial charge < -0.3 is 10.6 Å². The average molecular weight is 271 g/mol. The molecule has 2 unspecified atom stereocenters. The first-order valence-corrected chi connectivity index (χ1v) is 7.63. The molecule has 1 fully saturated rings. The molecule has 1 amide bonds. The number of rotatable bonds is 2. The van der Waals surface area contributed by atoms with Crippen LogP contribution in [0.2, 0.25) is 0 Å². The number of thioether (sulfide) groups is 1. The first-order valence-electron chi connectivity index (χ1n) is 5.70. The highest BCUT2D eigenvalue weighted by Gasteiger charge is 2.30. The van der Waals surface area contributed by atoms with E-state index in [1.807, 2.05) is 22.0 Å². The summed E-state index contributed by atoms with van der Waals surface area (Å²) < 4.78 is 0. The van der Waals surface area contributed by atoms with Crippen LogP contribution in [0.1, 0.15) is 29.3 Å². The second-order valence-corrected chi connectivity index (χ2v) is 6.57. The molecule has 1 aliphatic rings. The van der Waals surface area contributed by atoms with Gasteiger partial charge in [0.2, 0.25) is 0 Å². The van der Waals surface area contributed by atoms with Crippen molar-refractivity contribution in [2.24, 2.45) is 5.73 Å². The fourth-order valence-corrected chi connectivity index (χ4v) is 3.62. The number of carbonyl (C=O) groups excluding carboxylic acids is 1. The van der Waals surface area contributed by atoms with Crippen LogP contribution in [0, 0.1) is 0 Å². The summed E-state index contributed by atoms with van der Waals surface area (Å²) in [6, 6.07) is 0.268. The number of nitrogens with two attached hydrogens (primary N) is 1. The minimum absolute atomic E-state index is 0.0422. The van der Waals surface area contributed by atoms with E-state index in [1.54, 1.807) is 0 Å². The Hall–Kier alpha value is -0.590. The van der Waals surface area contributed by atoms with Gasteiger partial charge in [0.1, 0.15) is 10.7 Å². The van der Waals surface area contributed by atoms with Crippen molar-refractivity contribution in [3.8, 4) is 0 Å². The molecule has 4 nitrogen and oxygen atoms in total. The Balaban J connectivity index is 2.13. The van der Waals surface area contributed by atoms with Crippen LogP contribution in [-0.2, 0) is 6.54 Å². The number of thiazole rings is 1. The molecular weight excluding hydrogens is 254 g/mol. The lowest BCUT2D eigenvalue weighted by atomic mass is 10.2. The molecule has 0 saturated carbocycles. The summed E-state index contributed by atoms with van der Waals surface area (Å²) in [5.74, 6) is 1.05. The number of carbonyl (C=O) groups is 1. The van der Waals surface area contributed by atoms with E-state index >= 15 is 0 Å². The first-order chi connectivity index (χ1) is 8.13. The summed E-state index contributed by atoms with van der Waals surface area (Å²) in [6.07, 6.45) is 0. The minimum atomic E-state index is 0.0422. The molecule has 0 bridgehead atoms. The molecule has 2 rings (SSSR count). The fourth-order valence-electron chi connectivity index (χ4n) is 1.87. The smallest absolute Gasteiger partial charge is 0.273 e. The summed E-state index contributed by atoms with van der Waals surface area (Å²) >= 11 is 3.38. The van der Waals surface area contributed by atoms with E-state index in [-0.39, 0.29) is 11.9 Å².